The monoisotopic (exact) mass is 181 g/mol. The van der Waals surface area contributed by atoms with Gasteiger partial charge in [-0.2, -0.15) is 0 Å². The van der Waals surface area contributed by atoms with Gasteiger partial charge in [-0.1, -0.05) is 0 Å². The number of carbonyl (C=O) groups is 2. The third kappa shape index (κ3) is 2.03. The minimum atomic E-state index is -0.119. The molecule has 0 saturated carbocycles. The molecule has 4 heteroatoms. The summed E-state index contributed by atoms with van der Waals surface area (Å²) in [6.07, 6.45) is 2.33. The van der Waals surface area contributed by atoms with E-state index in [0.29, 0.717) is 17.5 Å². The number of Topliss-reactive ketones (excluding diaryl/α,β-unsaturated/α-hetero) is 1. The van der Waals surface area contributed by atoms with Gasteiger partial charge in [-0.15, -0.1) is 0 Å². The van der Waals surface area contributed by atoms with Crippen LogP contribution in [-0.2, 0) is 11.8 Å². The third-order valence-corrected chi connectivity index (χ3v) is 1.76. The number of hydrogen-bond donors (Lipinski definition) is 0. The molecule has 1 aromatic rings. The predicted molar refractivity (Wildman–Crippen MR) is 47.0 cm³/mol. The van der Waals surface area contributed by atoms with Crippen molar-refractivity contribution in [2.75, 3.05) is 13.7 Å². The second-order valence-corrected chi connectivity index (χ2v) is 2.74. The Hall–Kier alpha value is -1.42. The lowest BCUT2D eigenvalue weighted by Gasteiger charge is -1.93. The number of aromatic nitrogens is 1. The number of methoxy groups -OCH3 is 1. The van der Waals surface area contributed by atoms with E-state index in [-0.39, 0.29) is 12.4 Å². The molecule has 0 saturated heterocycles. The molecule has 4 nitrogen and oxygen atoms in total. The van der Waals surface area contributed by atoms with Gasteiger partial charge in [-0.3, -0.25) is 9.59 Å². The van der Waals surface area contributed by atoms with E-state index < -0.39 is 0 Å². The van der Waals surface area contributed by atoms with Gasteiger partial charge in [0.05, 0.1) is 5.69 Å². The van der Waals surface area contributed by atoms with Crippen LogP contribution in [0, 0.1) is 0 Å². The van der Waals surface area contributed by atoms with Gasteiger partial charge in [0.2, 0.25) is 0 Å². The summed E-state index contributed by atoms with van der Waals surface area (Å²) in [6.45, 7) is 0.0440. The van der Waals surface area contributed by atoms with Crippen LogP contribution in [0.1, 0.15) is 20.8 Å². The number of carbonyl (C=O) groups excluding carboxylic acids is 2. The molecule has 0 N–H and O–H groups in total. The molecule has 1 aromatic heterocycles. The van der Waals surface area contributed by atoms with Crippen molar-refractivity contribution in [3.63, 3.8) is 0 Å². The lowest BCUT2D eigenvalue weighted by Crippen LogP contribution is -2.05. The molecule has 0 aliphatic carbocycles. The average Bonchev–Trinajstić information content (AvgIpc) is 2.47. The topological polar surface area (TPSA) is 48.3 Å². The zero-order valence-corrected chi connectivity index (χ0v) is 7.61. The second-order valence-electron chi connectivity index (χ2n) is 2.74. The van der Waals surface area contributed by atoms with Crippen LogP contribution in [0.3, 0.4) is 0 Å². The Morgan fingerprint density at radius 2 is 2.38 bits per heavy atom. The first-order valence-corrected chi connectivity index (χ1v) is 3.82. The molecule has 0 fully saturated rings. The maximum atomic E-state index is 11.3. The third-order valence-electron chi connectivity index (χ3n) is 1.76. The second kappa shape index (κ2) is 4.00. The molecule has 0 spiro atoms. The van der Waals surface area contributed by atoms with Crippen LogP contribution in [0.4, 0.5) is 0 Å². The van der Waals surface area contributed by atoms with Gasteiger partial charge in [0.1, 0.15) is 6.61 Å². The summed E-state index contributed by atoms with van der Waals surface area (Å²) in [5, 5.41) is 0. The summed E-state index contributed by atoms with van der Waals surface area (Å²) in [5.41, 5.74) is 0.992. The fourth-order valence-corrected chi connectivity index (χ4v) is 1.07. The van der Waals surface area contributed by atoms with Crippen LogP contribution in [0.5, 0.6) is 0 Å². The van der Waals surface area contributed by atoms with Crippen molar-refractivity contribution in [1.29, 1.82) is 0 Å². The van der Waals surface area contributed by atoms with Crippen LogP contribution in [0.25, 0.3) is 0 Å². The Morgan fingerprint density at radius 3 is 2.85 bits per heavy atom. The molecule has 0 amide bonds. The lowest BCUT2D eigenvalue weighted by atomic mass is 10.2. The average molecular weight is 181 g/mol. The highest BCUT2D eigenvalue weighted by Crippen LogP contribution is 2.05. The van der Waals surface area contributed by atoms with E-state index in [0.717, 1.165) is 0 Å². The fraction of sp³-hybridized carbons (Fsp3) is 0.333. The van der Waals surface area contributed by atoms with Crippen LogP contribution in [-0.4, -0.2) is 30.4 Å². The first-order valence-electron chi connectivity index (χ1n) is 3.82. The van der Waals surface area contributed by atoms with Crippen molar-refractivity contribution >= 4 is 12.1 Å². The highest BCUT2D eigenvalue weighted by molar-refractivity contribution is 5.98. The van der Waals surface area contributed by atoms with Crippen molar-refractivity contribution in [3.05, 3.63) is 23.5 Å². The van der Waals surface area contributed by atoms with E-state index in [4.69, 9.17) is 4.74 Å². The van der Waals surface area contributed by atoms with E-state index in [2.05, 4.69) is 0 Å². The number of ether oxygens (including phenoxy) is 1. The summed E-state index contributed by atoms with van der Waals surface area (Å²) in [7, 11) is 3.18. The quantitative estimate of drug-likeness (QED) is 0.506. The van der Waals surface area contributed by atoms with E-state index in [9.17, 15) is 9.59 Å². The van der Waals surface area contributed by atoms with Gasteiger partial charge in [-0.25, -0.2) is 0 Å². The Morgan fingerprint density at radius 1 is 1.69 bits per heavy atom. The van der Waals surface area contributed by atoms with Crippen LogP contribution in [0.15, 0.2) is 12.3 Å². The van der Waals surface area contributed by atoms with E-state index in [1.54, 1.807) is 23.9 Å². The Balaban J connectivity index is 2.90. The summed E-state index contributed by atoms with van der Waals surface area (Å²) < 4.78 is 6.30. The van der Waals surface area contributed by atoms with Crippen molar-refractivity contribution in [1.82, 2.24) is 4.57 Å². The predicted octanol–water partition coefficient (Wildman–Crippen LogP) is 0.667. The normalized spacial score (nSPS) is 10.0. The molecule has 0 aliphatic heterocycles. The zero-order valence-electron chi connectivity index (χ0n) is 7.61. The maximum Gasteiger partial charge on any atom is 0.189 e. The molecule has 0 radical (unpaired) electrons. The number of hydrogen-bond acceptors (Lipinski definition) is 3. The zero-order chi connectivity index (χ0) is 9.84. The van der Waals surface area contributed by atoms with Crippen LogP contribution >= 0.6 is 0 Å². The molecular weight excluding hydrogens is 170 g/mol. The van der Waals surface area contributed by atoms with Crippen LogP contribution < -0.4 is 0 Å². The molecule has 1 heterocycles. The van der Waals surface area contributed by atoms with Gasteiger partial charge in [-0.05, 0) is 6.07 Å². The molecule has 0 bridgehead atoms. The maximum absolute atomic E-state index is 11.3. The largest absolute Gasteiger partial charge is 0.377 e. The number of ketones is 1. The summed E-state index contributed by atoms with van der Waals surface area (Å²) in [5.74, 6) is -0.119. The molecule has 0 aromatic carbocycles. The Labute approximate surface area is 76.1 Å². The van der Waals surface area contributed by atoms with Gasteiger partial charge in [0.25, 0.3) is 0 Å². The standard InChI is InChI=1S/C9H11NO3/c1-10-4-7(3-8(10)5-11)9(12)6-13-2/h3-5H,6H2,1-2H3. The lowest BCUT2D eigenvalue weighted by molar-refractivity contribution is 0.0848. The number of aryl methyl sites for hydroxylation is 1. The fourth-order valence-electron chi connectivity index (χ4n) is 1.07. The van der Waals surface area contributed by atoms with Crippen molar-refractivity contribution in [2.24, 2.45) is 7.05 Å². The summed E-state index contributed by atoms with van der Waals surface area (Å²) in [6, 6.07) is 1.55. The molecule has 0 atom stereocenters. The Kier molecular flexibility index (Phi) is 2.97. The van der Waals surface area contributed by atoms with Crippen molar-refractivity contribution in [3.8, 4) is 0 Å². The minimum Gasteiger partial charge on any atom is -0.377 e. The first-order chi connectivity index (χ1) is 6.19. The van der Waals surface area contributed by atoms with Gasteiger partial charge in [0, 0.05) is 25.9 Å². The number of nitrogens with zero attached hydrogens (tertiary/aromatic N) is 1. The molecule has 0 unspecified atom stereocenters. The van der Waals surface area contributed by atoms with E-state index >= 15 is 0 Å². The molecule has 1 rings (SSSR count). The smallest absolute Gasteiger partial charge is 0.189 e. The minimum absolute atomic E-state index is 0.0440. The van der Waals surface area contributed by atoms with E-state index in [1.807, 2.05) is 0 Å². The molecule has 0 aliphatic rings. The molecule has 13 heavy (non-hydrogen) atoms. The number of aldehydes is 1. The summed E-state index contributed by atoms with van der Waals surface area (Å²) >= 11 is 0. The summed E-state index contributed by atoms with van der Waals surface area (Å²) in [4.78, 5) is 21.7. The van der Waals surface area contributed by atoms with Crippen molar-refractivity contribution < 1.29 is 14.3 Å². The van der Waals surface area contributed by atoms with Gasteiger partial charge >= 0.3 is 0 Å². The highest BCUT2D eigenvalue weighted by atomic mass is 16.5. The van der Waals surface area contributed by atoms with E-state index in [1.165, 1.54) is 7.11 Å². The first kappa shape index (κ1) is 9.67. The van der Waals surface area contributed by atoms with Crippen molar-refractivity contribution in [2.45, 2.75) is 0 Å². The van der Waals surface area contributed by atoms with Gasteiger partial charge < -0.3 is 9.30 Å². The SMILES string of the molecule is COCC(=O)c1cc(C=O)n(C)c1. The number of rotatable bonds is 4. The molecular formula is C9H11NO3. The van der Waals surface area contributed by atoms with Gasteiger partial charge in [0.15, 0.2) is 12.1 Å². The highest BCUT2D eigenvalue weighted by Gasteiger charge is 2.09. The Bertz CT molecular complexity index is 328. The van der Waals surface area contributed by atoms with Crippen LogP contribution in [0.2, 0.25) is 0 Å². The molecule has 70 valence electrons.